The van der Waals surface area contributed by atoms with E-state index >= 15 is 0 Å². The maximum Gasteiger partial charge on any atom is 0.0359 e. The first-order chi connectivity index (χ1) is 9.01. The molecule has 1 rings (SSSR count). The first-order valence-corrected chi connectivity index (χ1v) is 7.54. The minimum atomic E-state index is 0.0879. The second-order valence-corrected chi connectivity index (χ2v) is 6.15. The van der Waals surface area contributed by atoms with Crippen molar-refractivity contribution >= 4 is 0 Å². The Hall–Kier alpha value is -0.860. The van der Waals surface area contributed by atoms with E-state index in [1.165, 1.54) is 31.5 Å². The van der Waals surface area contributed by atoms with Crippen LogP contribution in [0, 0.1) is 5.41 Å². The molecular weight excluding hydrogens is 232 g/mol. The van der Waals surface area contributed by atoms with E-state index in [1.807, 2.05) is 6.07 Å². The second-order valence-electron chi connectivity index (χ2n) is 6.15. The van der Waals surface area contributed by atoms with Gasteiger partial charge in [-0.1, -0.05) is 58.0 Å². The number of benzene rings is 1. The number of rotatable bonds is 8. The lowest BCUT2D eigenvalue weighted by molar-refractivity contribution is 0.152. The van der Waals surface area contributed by atoms with Crippen LogP contribution in [-0.4, -0.2) is 24.5 Å². The van der Waals surface area contributed by atoms with E-state index in [0.717, 1.165) is 6.54 Å². The van der Waals surface area contributed by atoms with E-state index in [4.69, 9.17) is 5.73 Å². The van der Waals surface area contributed by atoms with Crippen molar-refractivity contribution in [1.82, 2.24) is 4.90 Å². The van der Waals surface area contributed by atoms with Crippen LogP contribution in [0.1, 0.15) is 52.1 Å². The van der Waals surface area contributed by atoms with Gasteiger partial charge < -0.3 is 10.6 Å². The molecule has 0 aliphatic heterocycles. The SMILES string of the molecule is CCCN(CCC)CC(C)(C)C(N)c1ccccc1. The van der Waals surface area contributed by atoms with Gasteiger partial charge in [-0.2, -0.15) is 0 Å². The Kier molecular flexibility index (Phi) is 6.53. The third-order valence-electron chi connectivity index (χ3n) is 3.71. The normalized spacial score (nSPS) is 13.8. The van der Waals surface area contributed by atoms with E-state index in [2.05, 4.69) is 56.9 Å². The summed E-state index contributed by atoms with van der Waals surface area (Å²) in [5, 5.41) is 0. The van der Waals surface area contributed by atoms with Gasteiger partial charge in [0, 0.05) is 12.6 Å². The molecule has 0 saturated heterocycles. The Balaban J connectivity index is 2.72. The second kappa shape index (κ2) is 7.66. The summed E-state index contributed by atoms with van der Waals surface area (Å²) in [5.41, 5.74) is 7.81. The lowest BCUT2D eigenvalue weighted by atomic mass is 9.80. The van der Waals surface area contributed by atoms with Gasteiger partial charge in [0.25, 0.3) is 0 Å². The summed E-state index contributed by atoms with van der Waals surface area (Å²) in [4.78, 5) is 2.54. The van der Waals surface area contributed by atoms with Crippen molar-refractivity contribution in [1.29, 1.82) is 0 Å². The van der Waals surface area contributed by atoms with Crippen LogP contribution in [0.4, 0.5) is 0 Å². The zero-order valence-electron chi connectivity index (χ0n) is 13.0. The van der Waals surface area contributed by atoms with E-state index in [9.17, 15) is 0 Å². The molecular formula is C17H30N2. The third-order valence-corrected chi connectivity index (χ3v) is 3.71. The highest BCUT2D eigenvalue weighted by Gasteiger charge is 2.29. The van der Waals surface area contributed by atoms with Crippen LogP contribution >= 0.6 is 0 Å². The Morgan fingerprint density at radius 1 is 1.05 bits per heavy atom. The minimum Gasteiger partial charge on any atom is -0.323 e. The lowest BCUT2D eigenvalue weighted by Crippen LogP contribution is -2.41. The van der Waals surface area contributed by atoms with Crippen molar-refractivity contribution in [2.45, 2.75) is 46.6 Å². The highest BCUT2D eigenvalue weighted by molar-refractivity contribution is 5.20. The van der Waals surface area contributed by atoms with Crippen molar-refractivity contribution in [3.05, 3.63) is 35.9 Å². The van der Waals surface area contributed by atoms with E-state index in [1.54, 1.807) is 0 Å². The van der Waals surface area contributed by atoms with Crippen LogP contribution in [0.3, 0.4) is 0 Å². The van der Waals surface area contributed by atoms with Gasteiger partial charge in [0.15, 0.2) is 0 Å². The summed E-state index contributed by atoms with van der Waals surface area (Å²) in [7, 11) is 0. The molecule has 2 N–H and O–H groups in total. The van der Waals surface area contributed by atoms with Gasteiger partial charge in [-0.3, -0.25) is 0 Å². The fourth-order valence-electron chi connectivity index (χ4n) is 2.69. The molecule has 0 aliphatic carbocycles. The van der Waals surface area contributed by atoms with Gasteiger partial charge in [-0.05, 0) is 36.9 Å². The summed E-state index contributed by atoms with van der Waals surface area (Å²) in [6.45, 7) is 12.4. The number of nitrogens with two attached hydrogens (primary N) is 1. The molecule has 19 heavy (non-hydrogen) atoms. The first kappa shape index (κ1) is 16.2. The molecule has 108 valence electrons. The van der Waals surface area contributed by atoms with Gasteiger partial charge in [-0.15, -0.1) is 0 Å². The summed E-state index contributed by atoms with van der Waals surface area (Å²) in [6, 6.07) is 10.5. The largest absolute Gasteiger partial charge is 0.323 e. The first-order valence-electron chi connectivity index (χ1n) is 7.54. The van der Waals surface area contributed by atoms with Gasteiger partial charge in [0.2, 0.25) is 0 Å². The van der Waals surface area contributed by atoms with Crippen molar-refractivity contribution in [3.63, 3.8) is 0 Å². The summed E-state index contributed by atoms with van der Waals surface area (Å²) >= 11 is 0. The lowest BCUT2D eigenvalue weighted by Gasteiger charge is -2.37. The van der Waals surface area contributed by atoms with Gasteiger partial charge in [0.05, 0.1) is 0 Å². The third kappa shape index (κ3) is 4.96. The van der Waals surface area contributed by atoms with E-state index in [0.29, 0.717) is 0 Å². The summed E-state index contributed by atoms with van der Waals surface area (Å²) < 4.78 is 0. The molecule has 0 spiro atoms. The molecule has 1 aromatic carbocycles. The highest BCUT2D eigenvalue weighted by atomic mass is 15.1. The van der Waals surface area contributed by atoms with Crippen LogP contribution in [-0.2, 0) is 0 Å². The molecule has 2 nitrogen and oxygen atoms in total. The van der Waals surface area contributed by atoms with Crippen LogP contribution in [0.2, 0.25) is 0 Å². The van der Waals surface area contributed by atoms with Crippen molar-refractivity contribution in [3.8, 4) is 0 Å². The summed E-state index contributed by atoms with van der Waals surface area (Å²) in [6.07, 6.45) is 2.41. The molecule has 0 aliphatic rings. The predicted octanol–water partition coefficient (Wildman–Crippen LogP) is 3.83. The summed E-state index contributed by atoms with van der Waals surface area (Å²) in [5.74, 6) is 0. The fourth-order valence-corrected chi connectivity index (χ4v) is 2.69. The van der Waals surface area contributed by atoms with Crippen LogP contribution in [0.5, 0.6) is 0 Å². The topological polar surface area (TPSA) is 29.3 Å². The minimum absolute atomic E-state index is 0.0879. The monoisotopic (exact) mass is 262 g/mol. The van der Waals surface area contributed by atoms with Crippen molar-refractivity contribution < 1.29 is 0 Å². The standard InChI is InChI=1S/C17H30N2/c1-5-12-19(13-6-2)14-17(3,4)16(18)15-10-8-7-9-11-15/h7-11,16H,5-6,12-14,18H2,1-4H3. The molecule has 0 radical (unpaired) electrons. The van der Waals surface area contributed by atoms with Crippen LogP contribution in [0.15, 0.2) is 30.3 Å². The predicted molar refractivity (Wildman–Crippen MR) is 84.2 cm³/mol. The molecule has 1 atom stereocenters. The van der Waals surface area contributed by atoms with E-state index < -0.39 is 0 Å². The van der Waals surface area contributed by atoms with Crippen molar-refractivity contribution in [2.24, 2.45) is 11.1 Å². The molecule has 2 heteroatoms. The Morgan fingerprint density at radius 2 is 1.58 bits per heavy atom. The van der Waals surface area contributed by atoms with Crippen LogP contribution < -0.4 is 5.73 Å². The Morgan fingerprint density at radius 3 is 2.05 bits per heavy atom. The quantitative estimate of drug-likeness (QED) is 0.771. The average Bonchev–Trinajstić information content (AvgIpc) is 2.39. The zero-order valence-corrected chi connectivity index (χ0v) is 13.0. The van der Waals surface area contributed by atoms with Crippen LogP contribution in [0.25, 0.3) is 0 Å². The van der Waals surface area contributed by atoms with E-state index in [-0.39, 0.29) is 11.5 Å². The molecule has 0 heterocycles. The number of nitrogens with zero attached hydrogens (tertiary/aromatic N) is 1. The average molecular weight is 262 g/mol. The number of hydrogen-bond donors (Lipinski definition) is 1. The number of hydrogen-bond acceptors (Lipinski definition) is 2. The molecule has 0 amide bonds. The molecule has 0 aromatic heterocycles. The fraction of sp³-hybridized carbons (Fsp3) is 0.647. The molecule has 0 saturated carbocycles. The van der Waals surface area contributed by atoms with Gasteiger partial charge in [0.1, 0.15) is 0 Å². The molecule has 1 unspecified atom stereocenters. The van der Waals surface area contributed by atoms with Gasteiger partial charge in [-0.25, -0.2) is 0 Å². The van der Waals surface area contributed by atoms with Crippen molar-refractivity contribution in [2.75, 3.05) is 19.6 Å². The Bertz CT molecular complexity index is 340. The maximum atomic E-state index is 6.49. The van der Waals surface area contributed by atoms with Gasteiger partial charge >= 0.3 is 0 Å². The molecule has 0 fully saturated rings. The highest BCUT2D eigenvalue weighted by Crippen LogP contribution is 2.32. The smallest absolute Gasteiger partial charge is 0.0359 e. The molecule has 0 bridgehead atoms. The Labute approximate surface area is 119 Å². The molecule has 1 aromatic rings. The zero-order chi connectivity index (χ0) is 14.3. The maximum absolute atomic E-state index is 6.49.